The van der Waals surface area contributed by atoms with Crippen LogP contribution in [0.1, 0.15) is 25.0 Å². The number of hydrogen-bond acceptors (Lipinski definition) is 3. The van der Waals surface area contributed by atoms with Crippen LogP contribution in [0.3, 0.4) is 0 Å². The number of pyridine rings is 1. The van der Waals surface area contributed by atoms with Gasteiger partial charge in [-0.25, -0.2) is 9.78 Å². The molecule has 0 unspecified atom stereocenters. The van der Waals surface area contributed by atoms with Crippen LogP contribution in [0.25, 0.3) is 0 Å². The average molecular weight is 234 g/mol. The lowest BCUT2D eigenvalue weighted by molar-refractivity contribution is 0.218. The summed E-state index contributed by atoms with van der Waals surface area (Å²) in [7, 11) is 0. The first kappa shape index (κ1) is 11.9. The van der Waals surface area contributed by atoms with E-state index in [4.69, 9.17) is 5.73 Å². The number of carbonyl (C=O) groups excluding carboxylic acids is 1. The number of piperidine rings is 1. The van der Waals surface area contributed by atoms with E-state index in [0.29, 0.717) is 5.82 Å². The second-order valence-corrected chi connectivity index (χ2v) is 4.34. The molecule has 2 heterocycles. The van der Waals surface area contributed by atoms with Crippen molar-refractivity contribution in [1.29, 1.82) is 0 Å². The quantitative estimate of drug-likeness (QED) is 0.833. The highest BCUT2D eigenvalue weighted by Crippen LogP contribution is 2.13. The van der Waals surface area contributed by atoms with Crippen molar-refractivity contribution in [3.63, 3.8) is 0 Å². The molecule has 1 saturated heterocycles. The van der Waals surface area contributed by atoms with Crippen molar-refractivity contribution in [2.75, 3.05) is 18.4 Å². The Bertz CT molecular complexity index is 388. The van der Waals surface area contributed by atoms with Gasteiger partial charge in [0.2, 0.25) is 0 Å². The molecule has 0 aromatic carbocycles. The van der Waals surface area contributed by atoms with E-state index < -0.39 is 6.03 Å². The Morgan fingerprint density at radius 1 is 1.35 bits per heavy atom. The topological polar surface area (TPSA) is 71.2 Å². The third-order valence-electron chi connectivity index (χ3n) is 2.89. The van der Waals surface area contributed by atoms with Gasteiger partial charge in [0.05, 0.1) is 5.69 Å². The number of rotatable bonds is 3. The Morgan fingerprint density at radius 3 is 2.82 bits per heavy atom. The number of nitrogens with zero attached hydrogens (tertiary/aromatic N) is 2. The maximum Gasteiger partial charge on any atom is 0.317 e. The van der Waals surface area contributed by atoms with Gasteiger partial charge in [-0.1, -0.05) is 12.5 Å². The third-order valence-corrected chi connectivity index (χ3v) is 2.89. The lowest BCUT2D eigenvalue weighted by Gasteiger charge is -2.26. The highest BCUT2D eigenvalue weighted by molar-refractivity contribution is 5.86. The zero-order valence-corrected chi connectivity index (χ0v) is 9.85. The van der Waals surface area contributed by atoms with Crippen molar-refractivity contribution in [2.45, 2.75) is 25.8 Å². The molecule has 1 aromatic heterocycles. The normalized spacial score (nSPS) is 16.7. The Hall–Kier alpha value is -1.62. The minimum absolute atomic E-state index is 0.520. The molecule has 1 fully saturated rings. The second-order valence-electron chi connectivity index (χ2n) is 4.34. The van der Waals surface area contributed by atoms with E-state index in [1.807, 2.05) is 12.1 Å². The van der Waals surface area contributed by atoms with E-state index in [0.717, 1.165) is 25.3 Å². The van der Waals surface area contributed by atoms with Crippen LogP contribution in [0.5, 0.6) is 0 Å². The van der Waals surface area contributed by atoms with Gasteiger partial charge >= 0.3 is 6.03 Å². The number of urea groups is 1. The summed E-state index contributed by atoms with van der Waals surface area (Å²) in [5, 5.41) is 2.49. The average Bonchev–Trinajstić information content (AvgIpc) is 2.30. The van der Waals surface area contributed by atoms with Gasteiger partial charge in [0.25, 0.3) is 0 Å². The molecular formula is C12H18N4O. The van der Waals surface area contributed by atoms with Crippen molar-refractivity contribution < 1.29 is 4.79 Å². The van der Waals surface area contributed by atoms with E-state index in [1.54, 1.807) is 6.07 Å². The zero-order chi connectivity index (χ0) is 12.1. The molecular weight excluding hydrogens is 216 g/mol. The molecule has 2 rings (SSSR count). The van der Waals surface area contributed by atoms with Gasteiger partial charge in [-0.15, -0.1) is 0 Å². The number of nitrogens with two attached hydrogens (primary N) is 1. The van der Waals surface area contributed by atoms with Crippen molar-refractivity contribution in [3.8, 4) is 0 Å². The van der Waals surface area contributed by atoms with Crippen molar-refractivity contribution in [3.05, 3.63) is 23.9 Å². The largest absolute Gasteiger partial charge is 0.351 e. The molecule has 0 bridgehead atoms. The molecule has 0 spiro atoms. The van der Waals surface area contributed by atoms with Crippen molar-refractivity contribution >= 4 is 11.8 Å². The molecule has 1 aliphatic rings. The number of hydrogen-bond donors (Lipinski definition) is 2. The smallest absolute Gasteiger partial charge is 0.317 e. The van der Waals surface area contributed by atoms with Crippen LogP contribution in [0.15, 0.2) is 18.2 Å². The lowest BCUT2D eigenvalue weighted by Crippen LogP contribution is -2.29. The minimum Gasteiger partial charge on any atom is -0.351 e. The summed E-state index contributed by atoms with van der Waals surface area (Å²) < 4.78 is 0. The van der Waals surface area contributed by atoms with Gasteiger partial charge in [0.15, 0.2) is 0 Å². The van der Waals surface area contributed by atoms with Crippen LogP contribution in [0.2, 0.25) is 0 Å². The van der Waals surface area contributed by atoms with E-state index in [9.17, 15) is 4.79 Å². The molecule has 0 radical (unpaired) electrons. The predicted octanol–water partition coefficient (Wildman–Crippen LogP) is 1.56. The Balaban J connectivity index is 1.97. The van der Waals surface area contributed by atoms with Crippen LogP contribution < -0.4 is 11.1 Å². The lowest BCUT2D eigenvalue weighted by atomic mass is 10.1. The zero-order valence-electron chi connectivity index (χ0n) is 9.85. The highest BCUT2D eigenvalue weighted by atomic mass is 16.2. The maximum atomic E-state index is 10.7. The van der Waals surface area contributed by atoms with E-state index >= 15 is 0 Å². The monoisotopic (exact) mass is 234 g/mol. The Morgan fingerprint density at radius 2 is 2.12 bits per heavy atom. The number of amides is 2. The summed E-state index contributed by atoms with van der Waals surface area (Å²) in [6, 6.07) is 5.02. The van der Waals surface area contributed by atoms with Gasteiger partial charge in [0, 0.05) is 6.54 Å². The fraction of sp³-hybridized carbons (Fsp3) is 0.500. The predicted molar refractivity (Wildman–Crippen MR) is 66.6 cm³/mol. The molecule has 1 aliphatic heterocycles. The van der Waals surface area contributed by atoms with Gasteiger partial charge in [-0.2, -0.15) is 0 Å². The summed E-state index contributed by atoms with van der Waals surface area (Å²) in [6.07, 6.45) is 3.85. The van der Waals surface area contributed by atoms with E-state index in [2.05, 4.69) is 15.2 Å². The fourth-order valence-corrected chi connectivity index (χ4v) is 2.11. The maximum absolute atomic E-state index is 10.7. The summed E-state index contributed by atoms with van der Waals surface area (Å²) >= 11 is 0. The first-order chi connectivity index (χ1) is 8.24. The molecule has 1 aromatic rings. The second kappa shape index (κ2) is 5.63. The Labute approximate surface area is 101 Å². The summed E-state index contributed by atoms with van der Waals surface area (Å²) in [4.78, 5) is 17.5. The first-order valence-electron chi connectivity index (χ1n) is 5.99. The van der Waals surface area contributed by atoms with Crippen molar-refractivity contribution in [1.82, 2.24) is 9.88 Å². The van der Waals surface area contributed by atoms with Crippen molar-refractivity contribution in [2.24, 2.45) is 5.73 Å². The molecule has 17 heavy (non-hydrogen) atoms. The molecule has 92 valence electrons. The number of nitrogens with one attached hydrogen (secondary N) is 1. The SMILES string of the molecule is NC(=O)Nc1cccc(CN2CCCCC2)n1. The Kier molecular flexibility index (Phi) is 3.93. The number of aromatic nitrogens is 1. The fourth-order valence-electron chi connectivity index (χ4n) is 2.11. The molecule has 0 aliphatic carbocycles. The van der Waals surface area contributed by atoms with Gasteiger partial charge in [0.1, 0.15) is 5.82 Å². The first-order valence-corrected chi connectivity index (χ1v) is 5.99. The molecule has 3 N–H and O–H groups in total. The van der Waals surface area contributed by atoms with E-state index in [-0.39, 0.29) is 0 Å². The minimum atomic E-state index is -0.576. The summed E-state index contributed by atoms with van der Waals surface area (Å²) in [5.74, 6) is 0.520. The van der Waals surface area contributed by atoms with Crippen LogP contribution >= 0.6 is 0 Å². The molecule has 5 heteroatoms. The molecule has 0 saturated carbocycles. The number of carbonyl (C=O) groups is 1. The molecule has 5 nitrogen and oxygen atoms in total. The molecule has 2 amide bonds. The van der Waals surface area contributed by atoms with Crippen LogP contribution in [-0.2, 0) is 6.54 Å². The number of likely N-dealkylation sites (tertiary alicyclic amines) is 1. The van der Waals surface area contributed by atoms with E-state index in [1.165, 1.54) is 19.3 Å². The number of anilines is 1. The van der Waals surface area contributed by atoms with Gasteiger partial charge < -0.3 is 5.73 Å². The summed E-state index contributed by atoms with van der Waals surface area (Å²) in [5.41, 5.74) is 6.03. The van der Waals surface area contributed by atoms with Gasteiger partial charge in [-0.3, -0.25) is 10.2 Å². The van der Waals surface area contributed by atoms with Crippen LogP contribution in [0, 0.1) is 0 Å². The highest BCUT2D eigenvalue weighted by Gasteiger charge is 2.11. The summed E-state index contributed by atoms with van der Waals surface area (Å²) in [6.45, 7) is 3.11. The third kappa shape index (κ3) is 3.71. The molecule has 0 atom stereocenters. The van der Waals surface area contributed by atoms with Crippen LogP contribution in [0.4, 0.5) is 10.6 Å². The number of primary amides is 1. The standard InChI is InChI=1S/C12H18N4O/c13-12(17)15-11-6-4-5-10(14-11)9-16-7-2-1-3-8-16/h4-6H,1-3,7-9H2,(H3,13,14,15,17). The van der Waals surface area contributed by atoms with Gasteiger partial charge in [-0.05, 0) is 38.1 Å². The van der Waals surface area contributed by atoms with Crippen LogP contribution in [-0.4, -0.2) is 29.0 Å².